The minimum Gasteiger partial charge on any atom is -0.462 e. The number of halogens is 1. The number of rotatable bonds is 3. The van der Waals surface area contributed by atoms with E-state index in [2.05, 4.69) is 21.1 Å². The number of hydrogen-bond acceptors (Lipinski definition) is 4. The maximum Gasteiger partial charge on any atom is 0.344 e. The fourth-order valence-electron chi connectivity index (χ4n) is 1.89. The van der Waals surface area contributed by atoms with E-state index < -0.39 is 5.97 Å². The second-order valence-corrected chi connectivity index (χ2v) is 5.06. The Balaban J connectivity index is 2.54. The third kappa shape index (κ3) is 2.71. The number of carbonyl (C=O) groups excluding carboxylic acids is 1. The van der Waals surface area contributed by atoms with Crippen molar-refractivity contribution in [2.75, 3.05) is 6.61 Å². The molecule has 1 heterocycles. The van der Waals surface area contributed by atoms with Gasteiger partial charge in [-0.1, -0.05) is 27.2 Å². The maximum atomic E-state index is 12.0. The summed E-state index contributed by atoms with van der Waals surface area (Å²) in [5.41, 5.74) is 2.80. The highest BCUT2D eigenvalue weighted by Crippen LogP contribution is 2.30. The summed E-state index contributed by atoms with van der Waals surface area (Å²) in [6, 6.07) is 5.77. The molecule has 100 valence electrons. The van der Waals surface area contributed by atoms with Crippen LogP contribution in [0.1, 0.15) is 28.6 Å². The van der Waals surface area contributed by atoms with E-state index in [1.165, 1.54) is 0 Å². The molecular weight excluding hydrogens is 310 g/mol. The smallest absolute Gasteiger partial charge is 0.344 e. The van der Waals surface area contributed by atoms with Crippen molar-refractivity contribution in [2.45, 2.75) is 20.8 Å². The molecule has 1 aromatic carbocycles. The topological polar surface area (TPSA) is 52.3 Å². The molecule has 0 spiro atoms. The highest BCUT2D eigenvalue weighted by molar-refractivity contribution is 9.10. The number of aryl methyl sites for hydroxylation is 2. The van der Waals surface area contributed by atoms with Crippen LogP contribution in [0.3, 0.4) is 0 Å². The van der Waals surface area contributed by atoms with Gasteiger partial charge in [-0.3, -0.25) is 0 Å². The predicted octanol–water partition coefficient (Wildman–Crippen LogP) is 3.90. The molecule has 5 heteroatoms. The molecule has 0 aliphatic rings. The van der Waals surface area contributed by atoms with E-state index >= 15 is 0 Å². The van der Waals surface area contributed by atoms with Crippen LogP contribution >= 0.6 is 15.9 Å². The van der Waals surface area contributed by atoms with Gasteiger partial charge in [0, 0.05) is 10.0 Å². The molecule has 1 aromatic heterocycles. The predicted molar refractivity (Wildman–Crippen MR) is 75.1 cm³/mol. The number of benzene rings is 1. The zero-order chi connectivity index (χ0) is 14.0. The van der Waals surface area contributed by atoms with Crippen LogP contribution in [0, 0.1) is 13.8 Å². The third-order valence-electron chi connectivity index (χ3n) is 2.79. The van der Waals surface area contributed by atoms with Gasteiger partial charge in [-0.05, 0) is 38.5 Å². The van der Waals surface area contributed by atoms with Crippen LogP contribution in [0.4, 0.5) is 0 Å². The minimum atomic E-state index is -0.404. The van der Waals surface area contributed by atoms with Crippen molar-refractivity contribution in [1.82, 2.24) is 5.16 Å². The molecule has 2 aromatic rings. The molecule has 2 rings (SSSR count). The molecular formula is C14H14BrNO3. The van der Waals surface area contributed by atoms with Crippen molar-refractivity contribution >= 4 is 21.9 Å². The first-order chi connectivity index (χ1) is 9.04. The molecule has 0 amide bonds. The summed E-state index contributed by atoms with van der Waals surface area (Å²) in [5, 5.41) is 3.99. The van der Waals surface area contributed by atoms with Crippen molar-refractivity contribution in [3.8, 4) is 11.3 Å². The van der Waals surface area contributed by atoms with Gasteiger partial charge in [-0.2, -0.15) is 0 Å². The number of ether oxygens (including phenoxy) is 1. The van der Waals surface area contributed by atoms with Gasteiger partial charge >= 0.3 is 5.97 Å². The largest absolute Gasteiger partial charge is 0.462 e. The van der Waals surface area contributed by atoms with E-state index in [4.69, 9.17) is 9.26 Å². The Morgan fingerprint density at radius 3 is 2.79 bits per heavy atom. The monoisotopic (exact) mass is 323 g/mol. The number of nitrogens with zero attached hydrogens (tertiary/aromatic N) is 1. The van der Waals surface area contributed by atoms with Crippen molar-refractivity contribution in [3.05, 3.63) is 39.6 Å². The molecule has 0 N–H and O–H groups in total. The molecule has 0 atom stereocenters. The Bertz CT molecular complexity index is 619. The average Bonchev–Trinajstić information content (AvgIpc) is 2.71. The van der Waals surface area contributed by atoms with Crippen LogP contribution < -0.4 is 0 Å². The first-order valence-electron chi connectivity index (χ1n) is 5.94. The van der Waals surface area contributed by atoms with Crippen LogP contribution in [0.25, 0.3) is 11.3 Å². The molecule has 0 aliphatic carbocycles. The van der Waals surface area contributed by atoms with Crippen LogP contribution in [-0.4, -0.2) is 17.7 Å². The van der Waals surface area contributed by atoms with E-state index in [9.17, 15) is 4.79 Å². The van der Waals surface area contributed by atoms with Gasteiger partial charge in [-0.25, -0.2) is 4.79 Å². The Morgan fingerprint density at radius 2 is 2.16 bits per heavy atom. The van der Waals surface area contributed by atoms with E-state index in [-0.39, 0.29) is 0 Å². The number of hydrogen-bond donors (Lipinski definition) is 0. The van der Waals surface area contributed by atoms with Gasteiger partial charge in [0.1, 0.15) is 17.0 Å². The highest BCUT2D eigenvalue weighted by Gasteiger charge is 2.23. The van der Waals surface area contributed by atoms with Crippen LogP contribution in [0.2, 0.25) is 0 Å². The van der Waals surface area contributed by atoms with Crippen molar-refractivity contribution in [1.29, 1.82) is 0 Å². The Hall–Kier alpha value is -1.62. The molecule has 0 unspecified atom stereocenters. The lowest BCUT2D eigenvalue weighted by atomic mass is 10.0. The minimum absolute atomic E-state index is 0.322. The van der Waals surface area contributed by atoms with Gasteiger partial charge in [0.2, 0.25) is 0 Å². The van der Waals surface area contributed by atoms with Gasteiger partial charge in [-0.15, -0.1) is 0 Å². The first-order valence-corrected chi connectivity index (χ1v) is 6.73. The molecule has 19 heavy (non-hydrogen) atoms. The zero-order valence-corrected chi connectivity index (χ0v) is 12.6. The number of aromatic nitrogens is 1. The lowest BCUT2D eigenvalue weighted by Gasteiger charge is -2.05. The van der Waals surface area contributed by atoms with Gasteiger partial charge in [0.15, 0.2) is 0 Å². The number of carbonyl (C=O) groups is 1. The van der Waals surface area contributed by atoms with Crippen molar-refractivity contribution in [2.24, 2.45) is 0 Å². The van der Waals surface area contributed by atoms with E-state index in [1.54, 1.807) is 13.8 Å². The highest BCUT2D eigenvalue weighted by atomic mass is 79.9. The van der Waals surface area contributed by atoms with Crippen molar-refractivity contribution < 1.29 is 14.1 Å². The fourth-order valence-corrected chi connectivity index (χ4v) is 2.37. The van der Waals surface area contributed by atoms with Crippen LogP contribution in [0.15, 0.2) is 27.2 Å². The Morgan fingerprint density at radius 1 is 1.42 bits per heavy atom. The Kier molecular flexibility index (Phi) is 4.04. The molecule has 0 saturated carbocycles. The quantitative estimate of drug-likeness (QED) is 0.804. The SMILES string of the molecule is CCOC(=O)c1c(-c2ccc(Br)cc2C)noc1C. The standard InChI is InChI=1S/C14H14BrNO3/c1-4-18-14(17)12-9(3)19-16-13(12)11-6-5-10(15)7-8(11)2/h5-7H,4H2,1-3H3. The molecule has 0 aliphatic heterocycles. The summed E-state index contributed by atoms with van der Waals surface area (Å²) in [4.78, 5) is 12.0. The zero-order valence-electron chi connectivity index (χ0n) is 11.0. The molecule has 0 saturated heterocycles. The molecule has 0 fully saturated rings. The lowest BCUT2D eigenvalue weighted by Crippen LogP contribution is -2.06. The summed E-state index contributed by atoms with van der Waals surface area (Å²) in [6.45, 7) is 5.75. The lowest BCUT2D eigenvalue weighted by molar-refractivity contribution is 0.0525. The Labute approximate surface area is 119 Å². The van der Waals surface area contributed by atoms with Crippen LogP contribution in [0.5, 0.6) is 0 Å². The van der Waals surface area contributed by atoms with E-state index in [1.807, 2.05) is 25.1 Å². The summed E-state index contributed by atoms with van der Waals surface area (Å²) in [5.74, 6) is 0.0642. The fraction of sp³-hybridized carbons (Fsp3) is 0.286. The first kappa shape index (κ1) is 13.8. The van der Waals surface area contributed by atoms with Gasteiger partial charge < -0.3 is 9.26 Å². The van der Waals surface area contributed by atoms with E-state index in [0.29, 0.717) is 23.6 Å². The van der Waals surface area contributed by atoms with Crippen LogP contribution in [-0.2, 0) is 4.74 Å². The summed E-state index contributed by atoms with van der Waals surface area (Å²) >= 11 is 3.41. The van der Waals surface area contributed by atoms with Crippen molar-refractivity contribution in [3.63, 3.8) is 0 Å². The molecule has 0 bridgehead atoms. The normalized spacial score (nSPS) is 10.5. The van der Waals surface area contributed by atoms with Gasteiger partial charge in [0.05, 0.1) is 6.61 Å². The maximum absolute atomic E-state index is 12.0. The van der Waals surface area contributed by atoms with Gasteiger partial charge in [0.25, 0.3) is 0 Å². The summed E-state index contributed by atoms with van der Waals surface area (Å²) in [6.07, 6.45) is 0. The third-order valence-corrected chi connectivity index (χ3v) is 3.28. The summed E-state index contributed by atoms with van der Waals surface area (Å²) in [7, 11) is 0. The second kappa shape index (κ2) is 5.57. The molecule has 4 nitrogen and oxygen atoms in total. The average molecular weight is 324 g/mol. The molecule has 0 radical (unpaired) electrons. The second-order valence-electron chi connectivity index (χ2n) is 4.14. The number of esters is 1. The van der Waals surface area contributed by atoms with E-state index in [0.717, 1.165) is 15.6 Å². The summed E-state index contributed by atoms with van der Waals surface area (Å²) < 4.78 is 11.2.